The lowest BCUT2D eigenvalue weighted by atomic mass is 9.77. The zero-order valence-corrected chi connectivity index (χ0v) is 13.1. The van der Waals surface area contributed by atoms with Crippen molar-refractivity contribution in [1.82, 2.24) is 0 Å². The van der Waals surface area contributed by atoms with Crippen molar-refractivity contribution in [3.8, 4) is 0 Å². The summed E-state index contributed by atoms with van der Waals surface area (Å²) in [5.74, 6) is 0.683. The first-order chi connectivity index (χ1) is 9.75. The quantitative estimate of drug-likeness (QED) is 0.818. The molecule has 1 aromatic carbocycles. The fraction of sp³-hybridized carbons (Fsp3) is 0.667. The van der Waals surface area contributed by atoms with Gasteiger partial charge in [-0.25, -0.2) is 0 Å². The molecule has 0 unspecified atom stereocenters. The molecule has 20 heavy (non-hydrogen) atoms. The average molecular weight is 292 g/mol. The van der Waals surface area contributed by atoms with Gasteiger partial charge >= 0.3 is 0 Å². The smallest absolute Gasteiger partial charge is 0.0443 e. The summed E-state index contributed by atoms with van der Waals surface area (Å²) in [7, 11) is 0. The predicted octanol–water partition coefficient (Wildman–Crippen LogP) is 5.16. The van der Waals surface area contributed by atoms with Gasteiger partial charge in [-0.05, 0) is 48.8 Å². The zero-order valence-electron chi connectivity index (χ0n) is 12.3. The third kappa shape index (κ3) is 2.63. The third-order valence-corrected chi connectivity index (χ3v) is 5.94. The van der Waals surface area contributed by atoms with Crippen molar-refractivity contribution in [2.45, 2.75) is 69.1 Å². The van der Waals surface area contributed by atoms with Crippen LogP contribution in [0, 0.1) is 0 Å². The molecule has 2 fully saturated rings. The highest BCUT2D eigenvalue weighted by atomic mass is 35.5. The molecule has 2 heteroatoms. The van der Waals surface area contributed by atoms with E-state index in [1.54, 1.807) is 0 Å². The summed E-state index contributed by atoms with van der Waals surface area (Å²) in [6.07, 6.45) is 11.8. The minimum absolute atomic E-state index is 0.203. The van der Waals surface area contributed by atoms with Crippen LogP contribution in [0.5, 0.6) is 0 Å². The molecule has 2 saturated carbocycles. The van der Waals surface area contributed by atoms with Crippen LogP contribution in [0.3, 0.4) is 0 Å². The van der Waals surface area contributed by atoms with E-state index in [1.807, 2.05) is 0 Å². The summed E-state index contributed by atoms with van der Waals surface area (Å²) in [4.78, 5) is 0. The van der Waals surface area contributed by atoms with Gasteiger partial charge in [0.1, 0.15) is 0 Å². The molecule has 0 spiro atoms. The number of halogens is 1. The lowest BCUT2D eigenvalue weighted by molar-refractivity contribution is 0.440. The Morgan fingerprint density at radius 1 is 1.05 bits per heavy atom. The van der Waals surface area contributed by atoms with E-state index in [9.17, 15) is 0 Å². The second-order valence-electron chi connectivity index (χ2n) is 6.76. The normalized spacial score (nSPS) is 23.1. The van der Waals surface area contributed by atoms with Gasteiger partial charge in [-0.15, -0.1) is 0 Å². The molecule has 0 heterocycles. The van der Waals surface area contributed by atoms with Crippen molar-refractivity contribution < 1.29 is 0 Å². The first kappa shape index (κ1) is 14.4. The number of benzene rings is 1. The molecule has 0 radical (unpaired) electrons. The summed E-state index contributed by atoms with van der Waals surface area (Å²) < 4.78 is 0. The molecule has 3 rings (SSSR count). The van der Waals surface area contributed by atoms with Gasteiger partial charge in [0.2, 0.25) is 0 Å². The SMILES string of the molecule is NCC1(c2ccc(C3CCCCC3)c(Cl)c2)CCCC1. The number of nitrogens with two attached hydrogens (primary N) is 1. The molecule has 2 N–H and O–H groups in total. The van der Waals surface area contributed by atoms with Crippen LogP contribution in [0.25, 0.3) is 0 Å². The predicted molar refractivity (Wildman–Crippen MR) is 86.5 cm³/mol. The van der Waals surface area contributed by atoms with E-state index in [0.29, 0.717) is 5.92 Å². The minimum Gasteiger partial charge on any atom is -0.330 e. The van der Waals surface area contributed by atoms with Gasteiger partial charge in [0, 0.05) is 17.0 Å². The second kappa shape index (κ2) is 6.07. The Kier molecular flexibility index (Phi) is 4.37. The highest BCUT2D eigenvalue weighted by Crippen LogP contribution is 2.43. The van der Waals surface area contributed by atoms with E-state index < -0.39 is 0 Å². The fourth-order valence-corrected chi connectivity index (χ4v) is 4.60. The Bertz CT molecular complexity index is 456. The monoisotopic (exact) mass is 291 g/mol. The molecule has 1 aromatic rings. The van der Waals surface area contributed by atoms with Crippen LogP contribution in [-0.2, 0) is 5.41 Å². The molecule has 110 valence electrons. The van der Waals surface area contributed by atoms with Crippen molar-refractivity contribution in [3.05, 3.63) is 34.3 Å². The van der Waals surface area contributed by atoms with Gasteiger partial charge in [0.15, 0.2) is 0 Å². The summed E-state index contributed by atoms with van der Waals surface area (Å²) in [6.45, 7) is 0.756. The largest absolute Gasteiger partial charge is 0.330 e. The van der Waals surface area contributed by atoms with Gasteiger partial charge in [0.25, 0.3) is 0 Å². The molecule has 0 saturated heterocycles. The average Bonchev–Trinajstić information content (AvgIpc) is 2.98. The van der Waals surface area contributed by atoms with E-state index in [-0.39, 0.29) is 5.41 Å². The van der Waals surface area contributed by atoms with Crippen molar-refractivity contribution >= 4 is 11.6 Å². The van der Waals surface area contributed by atoms with Crippen LogP contribution >= 0.6 is 11.6 Å². The fourth-order valence-electron chi connectivity index (χ4n) is 4.26. The maximum absolute atomic E-state index is 6.62. The topological polar surface area (TPSA) is 26.0 Å². The lowest BCUT2D eigenvalue weighted by Crippen LogP contribution is -2.32. The third-order valence-electron chi connectivity index (χ3n) is 5.61. The van der Waals surface area contributed by atoms with E-state index in [0.717, 1.165) is 11.6 Å². The summed E-state index contributed by atoms with van der Waals surface area (Å²) >= 11 is 6.62. The van der Waals surface area contributed by atoms with Gasteiger partial charge < -0.3 is 5.73 Å². The molecular weight excluding hydrogens is 266 g/mol. The van der Waals surface area contributed by atoms with Gasteiger partial charge in [-0.3, -0.25) is 0 Å². The highest BCUT2D eigenvalue weighted by Gasteiger charge is 2.34. The summed E-state index contributed by atoms with van der Waals surface area (Å²) in [5.41, 5.74) is 9.04. The molecule has 2 aliphatic rings. The molecule has 0 aliphatic heterocycles. The van der Waals surface area contributed by atoms with Crippen molar-refractivity contribution in [3.63, 3.8) is 0 Å². The molecule has 0 bridgehead atoms. The maximum Gasteiger partial charge on any atom is 0.0443 e. The van der Waals surface area contributed by atoms with Gasteiger partial charge in [-0.2, -0.15) is 0 Å². The number of hydrogen-bond acceptors (Lipinski definition) is 1. The Labute approximate surface area is 127 Å². The van der Waals surface area contributed by atoms with Crippen molar-refractivity contribution in [1.29, 1.82) is 0 Å². The van der Waals surface area contributed by atoms with E-state index in [4.69, 9.17) is 17.3 Å². The van der Waals surface area contributed by atoms with Gasteiger partial charge in [-0.1, -0.05) is 55.8 Å². The van der Waals surface area contributed by atoms with E-state index in [2.05, 4.69) is 18.2 Å². The van der Waals surface area contributed by atoms with E-state index in [1.165, 1.54) is 68.9 Å². The second-order valence-corrected chi connectivity index (χ2v) is 7.17. The molecule has 1 nitrogen and oxygen atoms in total. The Balaban J connectivity index is 1.86. The van der Waals surface area contributed by atoms with Crippen LogP contribution < -0.4 is 5.73 Å². The molecule has 0 aromatic heterocycles. The Morgan fingerprint density at radius 2 is 1.75 bits per heavy atom. The number of hydrogen-bond donors (Lipinski definition) is 1. The van der Waals surface area contributed by atoms with Gasteiger partial charge in [0.05, 0.1) is 0 Å². The Morgan fingerprint density at radius 3 is 2.35 bits per heavy atom. The zero-order chi connectivity index (χ0) is 14.0. The van der Waals surface area contributed by atoms with Crippen LogP contribution in [0.15, 0.2) is 18.2 Å². The van der Waals surface area contributed by atoms with Crippen molar-refractivity contribution in [2.24, 2.45) is 5.73 Å². The Hall–Kier alpha value is -0.530. The van der Waals surface area contributed by atoms with Crippen LogP contribution in [0.1, 0.15) is 74.8 Å². The number of rotatable bonds is 3. The summed E-state index contributed by atoms with van der Waals surface area (Å²) in [6, 6.07) is 6.83. The molecule has 2 aliphatic carbocycles. The highest BCUT2D eigenvalue weighted by molar-refractivity contribution is 6.31. The van der Waals surface area contributed by atoms with Crippen LogP contribution in [0.2, 0.25) is 5.02 Å². The minimum atomic E-state index is 0.203. The molecule has 0 amide bonds. The van der Waals surface area contributed by atoms with Crippen LogP contribution in [-0.4, -0.2) is 6.54 Å². The molecular formula is C18H26ClN. The van der Waals surface area contributed by atoms with Crippen LogP contribution in [0.4, 0.5) is 0 Å². The summed E-state index contributed by atoms with van der Waals surface area (Å²) in [5, 5.41) is 0.981. The lowest BCUT2D eigenvalue weighted by Gasteiger charge is -2.29. The maximum atomic E-state index is 6.62. The first-order valence-electron chi connectivity index (χ1n) is 8.25. The molecule has 0 atom stereocenters. The van der Waals surface area contributed by atoms with Crippen molar-refractivity contribution in [2.75, 3.05) is 6.54 Å². The van der Waals surface area contributed by atoms with E-state index >= 15 is 0 Å². The first-order valence-corrected chi connectivity index (χ1v) is 8.63. The standard InChI is InChI=1S/C18H26ClN/c19-17-12-15(18(13-20)10-4-5-11-18)8-9-16(17)14-6-2-1-3-7-14/h8-9,12,14H,1-7,10-11,13,20H2.